The number of nitro benzene ring substituents is 1. The number of esters is 1. The molecule has 0 bridgehead atoms. The van der Waals surface area contributed by atoms with Crippen LogP contribution < -0.4 is 14.4 Å². The van der Waals surface area contributed by atoms with Gasteiger partial charge in [0, 0.05) is 13.1 Å². The van der Waals surface area contributed by atoms with Gasteiger partial charge in [0.1, 0.15) is 11.4 Å². The Morgan fingerprint density at radius 2 is 1.63 bits per heavy atom. The van der Waals surface area contributed by atoms with E-state index in [9.17, 15) is 28.1 Å². The highest BCUT2D eigenvalue weighted by atomic mass is 32.2. The summed E-state index contributed by atoms with van der Waals surface area (Å²) in [6.07, 6.45) is 0. The highest BCUT2D eigenvalue weighted by Crippen LogP contribution is 2.31. The zero-order chi connectivity index (χ0) is 25.6. The molecule has 11 nitrogen and oxygen atoms in total. The Morgan fingerprint density at radius 1 is 1.00 bits per heavy atom. The minimum absolute atomic E-state index is 0.0161. The Morgan fingerprint density at radius 3 is 2.29 bits per heavy atom. The monoisotopic (exact) mass is 499 g/mol. The molecule has 3 rings (SSSR count). The van der Waals surface area contributed by atoms with Crippen LogP contribution in [-0.4, -0.2) is 46.0 Å². The van der Waals surface area contributed by atoms with E-state index in [1.165, 1.54) is 62.7 Å². The summed E-state index contributed by atoms with van der Waals surface area (Å²) in [5.41, 5.74) is 0.0138. The van der Waals surface area contributed by atoms with Crippen molar-refractivity contribution in [1.82, 2.24) is 0 Å². The number of nitrogens with one attached hydrogen (secondary N) is 1. The molecule has 0 unspecified atom stereocenters. The highest BCUT2D eigenvalue weighted by molar-refractivity contribution is 7.92. The first-order valence-corrected chi connectivity index (χ1v) is 11.5. The van der Waals surface area contributed by atoms with Crippen molar-refractivity contribution in [3.63, 3.8) is 0 Å². The lowest BCUT2D eigenvalue weighted by atomic mass is 10.2. The number of nitro groups is 1. The number of ether oxygens (including phenoxy) is 2. The van der Waals surface area contributed by atoms with Gasteiger partial charge < -0.3 is 14.8 Å². The quantitative estimate of drug-likeness (QED) is 0.268. The maximum Gasteiger partial charge on any atom is 0.338 e. The topological polar surface area (TPSA) is 145 Å². The van der Waals surface area contributed by atoms with Crippen LogP contribution in [0.4, 0.5) is 17.1 Å². The second-order valence-electron chi connectivity index (χ2n) is 7.07. The molecule has 0 aliphatic heterocycles. The molecule has 12 heteroatoms. The fourth-order valence-corrected chi connectivity index (χ4v) is 4.29. The lowest BCUT2D eigenvalue weighted by Crippen LogP contribution is -2.27. The SMILES string of the molecule is COc1ccccc1N(C)S(=O)(=O)c1ccc(C(=O)OCC(=O)Nc2ccccc2[N+](=O)[O-])cc1. The van der Waals surface area contributed by atoms with Gasteiger partial charge in [0.15, 0.2) is 6.61 Å². The number of carbonyl (C=O) groups excluding carboxylic acids is 2. The highest BCUT2D eigenvalue weighted by Gasteiger charge is 2.24. The molecule has 0 saturated heterocycles. The van der Waals surface area contributed by atoms with Crippen LogP contribution in [0.1, 0.15) is 10.4 Å². The number of para-hydroxylation sites is 4. The average molecular weight is 500 g/mol. The largest absolute Gasteiger partial charge is 0.495 e. The van der Waals surface area contributed by atoms with E-state index in [1.807, 2.05) is 0 Å². The molecule has 0 spiro atoms. The van der Waals surface area contributed by atoms with Crippen molar-refractivity contribution in [3.05, 3.63) is 88.5 Å². The van der Waals surface area contributed by atoms with Gasteiger partial charge in [-0.2, -0.15) is 0 Å². The summed E-state index contributed by atoms with van der Waals surface area (Å²) in [5, 5.41) is 13.3. The summed E-state index contributed by atoms with van der Waals surface area (Å²) in [5.74, 6) is -1.27. The summed E-state index contributed by atoms with van der Waals surface area (Å²) in [4.78, 5) is 34.7. The molecule has 35 heavy (non-hydrogen) atoms. The first-order valence-electron chi connectivity index (χ1n) is 10.1. The number of sulfonamides is 1. The van der Waals surface area contributed by atoms with Gasteiger partial charge in [-0.3, -0.25) is 19.2 Å². The molecule has 3 aromatic carbocycles. The zero-order valence-corrected chi connectivity index (χ0v) is 19.5. The van der Waals surface area contributed by atoms with E-state index in [1.54, 1.807) is 24.3 Å². The summed E-state index contributed by atoms with van der Waals surface area (Å²) in [6.45, 7) is -0.693. The number of hydrogen-bond donors (Lipinski definition) is 1. The van der Waals surface area contributed by atoms with Gasteiger partial charge >= 0.3 is 5.97 Å². The van der Waals surface area contributed by atoms with E-state index >= 15 is 0 Å². The molecule has 0 aromatic heterocycles. The molecule has 0 aliphatic rings. The van der Waals surface area contributed by atoms with Crippen molar-refractivity contribution in [2.75, 3.05) is 30.4 Å². The molecule has 0 heterocycles. The van der Waals surface area contributed by atoms with Crippen LogP contribution in [0.3, 0.4) is 0 Å². The van der Waals surface area contributed by atoms with Crippen molar-refractivity contribution < 1.29 is 32.4 Å². The van der Waals surface area contributed by atoms with Gasteiger partial charge in [-0.05, 0) is 42.5 Å². The van der Waals surface area contributed by atoms with Crippen molar-refractivity contribution in [2.24, 2.45) is 0 Å². The lowest BCUT2D eigenvalue weighted by Gasteiger charge is -2.21. The minimum atomic E-state index is -3.96. The van der Waals surface area contributed by atoms with Gasteiger partial charge in [-0.15, -0.1) is 0 Å². The smallest absolute Gasteiger partial charge is 0.338 e. The average Bonchev–Trinajstić information content (AvgIpc) is 2.87. The molecule has 0 aliphatic carbocycles. The molecule has 3 aromatic rings. The maximum atomic E-state index is 13.0. The van der Waals surface area contributed by atoms with Crippen molar-refractivity contribution in [2.45, 2.75) is 4.90 Å². The molecule has 0 radical (unpaired) electrons. The van der Waals surface area contributed by atoms with Crippen LogP contribution in [0.2, 0.25) is 0 Å². The molecule has 1 N–H and O–H groups in total. The predicted molar refractivity (Wildman–Crippen MR) is 127 cm³/mol. The Labute approximate surface area is 201 Å². The van der Waals surface area contributed by atoms with E-state index < -0.39 is 33.4 Å². The molecule has 0 saturated carbocycles. The number of anilines is 2. The number of carbonyl (C=O) groups is 2. The van der Waals surface area contributed by atoms with E-state index in [4.69, 9.17) is 9.47 Å². The summed E-state index contributed by atoms with van der Waals surface area (Å²) in [6, 6.07) is 17.1. The van der Waals surface area contributed by atoms with E-state index in [2.05, 4.69) is 5.32 Å². The second kappa shape index (κ2) is 10.7. The number of hydrogen-bond acceptors (Lipinski definition) is 8. The van der Waals surface area contributed by atoms with Gasteiger partial charge in [0.25, 0.3) is 21.6 Å². The Balaban J connectivity index is 1.66. The van der Waals surface area contributed by atoms with Gasteiger partial charge in [0.05, 0.1) is 28.2 Å². The fourth-order valence-electron chi connectivity index (χ4n) is 3.08. The van der Waals surface area contributed by atoms with Gasteiger partial charge in [-0.25, -0.2) is 13.2 Å². The summed E-state index contributed by atoms with van der Waals surface area (Å²) in [7, 11) is -1.14. The number of benzene rings is 3. The van der Waals surface area contributed by atoms with Crippen LogP contribution in [0.15, 0.2) is 77.7 Å². The second-order valence-corrected chi connectivity index (χ2v) is 9.04. The first-order chi connectivity index (χ1) is 16.6. The molecular weight excluding hydrogens is 478 g/mol. The standard InChI is InChI=1S/C23H21N3O8S/c1-25(20-9-5-6-10-21(20)33-2)35(31,32)17-13-11-16(12-14-17)23(28)34-15-22(27)24-18-7-3-4-8-19(18)26(29)30/h3-14H,15H2,1-2H3,(H,24,27). The van der Waals surface area contributed by atoms with Gasteiger partial charge in [-0.1, -0.05) is 24.3 Å². The molecular formula is C23H21N3O8S. The van der Waals surface area contributed by atoms with Crippen molar-refractivity contribution in [1.29, 1.82) is 0 Å². The Hall–Kier alpha value is -4.45. The van der Waals surface area contributed by atoms with Crippen LogP contribution in [0.5, 0.6) is 5.75 Å². The van der Waals surface area contributed by atoms with Crippen molar-refractivity contribution >= 4 is 39.0 Å². The third-order valence-electron chi connectivity index (χ3n) is 4.88. The predicted octanol–water partition coefficient (Wildman–Crippen LogP) is 3.22. The third-order valence-corrected chi connectivity index (χ3v) is 6.67. The molecule has 0 fully saturated rings. The van der Waals surface area contributed by atoms with Gasteiger partial charge in [0.2, 0.25) is 0 Å². The van der Waals surface area contributed by atoms with E-state index in [-0.39, 0.29) is 21.8 Å². The number of rotatable bonds is 9. The first kappa shape index (κ1) is 25.2. The normalized spacial score (nSPS) is 10.8. The lowest BCUT2D eigenvalue weighted by molar-refractivity contribution is -0.383. The van der Waals surface area contributed by atoms with E-state index in [0.29, 0.717) is 11.4 Å². The van der Waals surface area contributed by atoms with E-state index in [0.717, 1.165) is 4.31 Å². The zero-order valence-electron chi connectivity index (χ0n) is 18.7. The summed E-state index contributed by atoms with van der Waals surface area (Å²) >= 11 is 0. The van der Waals surface area contributed by atoms with Crippen LogP contribution in [-0.2, 0) is 19.6 Å². The molecule has 182 valence electrons. The third kappa shape index (κ3) is 5.73. The molecule has 1 amide bonds. The van der Waals surface area contributed by atoms with Crippen LogP contribution in [0, 0.1) is 10.1 Å². The van der Waals surface area contributed by atoms with Crippen molar-refractivity contribution in [3.8, 4) is 5.75 Å². The fraction of sp³-hybridized carbons (Fsp3) is 0.130. The molecule has 0 atom stereocenters. The minimum Gasteiger partial charge on any atom is -0.495 e. The van der Waals surface area contributed by atoms with Crippen LogP contribution in [0.25, 0.3) is 0 Å². The Bertz CT molecular complexity index is 1360. The Kier molecular flexibility index (Phi) is 7.66. The number of methoxy groups -OCH3 is 1. The number of amides is 1. The number of nitrogens with zero attached hydrogens (tertiary/aromatic N) is 2. The van der Waals surface area contributed by atoms with Crippen LogP contribution >= 0.6 is 0 Å². The summed E-state index contributed by atoms with van der Waals surface area (Å²) < 4.78 is 37.2. The maximum absolute atomic E-state index is 13.0.